The summed E-state index contributed by atoms with van der Waals surface area (Å²) in [5.74, 6) is 1.41. The van der Waals surface area contributed by atoms with Gasteiger partial charge in [-0.25, -0.2) is 0 Å². The second-order valence-corrected chi connectivity index (χ2v) is 5.99. The highest BCUT2D eigenvalue weighted by Gasteiger charge is 2.25. The molecule has 2 aromatic rings. The van der Waals surface area contributed by atoms with Gasteiger partial charge in [-0.2, -0.15) is 0 Å². The van der Waals surface area contributed by atoms with Crippen LogP contribution >= 0.6 is 0 Å². The van der Waals surface area contributed by atoms with E-state index >= 15 is 0 Å². The monoisotopic (exact) mass is 297 g/mol. The van der Waals surface area contributed by atoms with E-state index in [0.717, 1.165) is 25.0 Å². The molecule has 1 atom stereocenters. The van der Waals surface area contributed by atoms with Crippen LogP contribution in [0.25, 0.3) is 10.8 Å². The Labute approximate surface area is 131 Å². The summed E-state index contributed by atoms with van der Waals surface area (Å²) < 4.78 is 5.61. The maximum absolute atomic E-state index is 11.8. The summed E-state index contributed by atoms with van der Waals surface area (Å²) in [5.41, 5.74) is 2.65. The first-order valence-electron chi connectivity index (χ1n) is 8.09. The van der Waals surface area contributed by atoms with Gasteiger partial charge in [0.15, 0.2) is 0 Å². The fourth-order valence-electron chi connectivity index (χ4n) is 3.49. The van der Waals surface area contributed by atoms with Crippen molar-refractivity contribution in [2.24, 2.45) is 0 Å². The Hall–Kier alpha value is -2.03. The van der Waals surface area contributed by atoms with Crippen molar-refractivity contribution in [1.29, 1.82) is 0 Å². The molecule has 0 spiro atoms. The molecule has 1 amide bonds. The zero-order chi connectivity index (χ0) is 15.5. The first-order chi connectivity index (χ1) is 10.7. The molecule has 1 aliphatic rings. The topological polar surface area (TPSA) is 38.3 Å². The molecule has 0 saturated carbocycles. The SMILES string of the molecule is CCCC(=O)NCC1CCc2cccc3ccc(OC)c1c23. The number of benzene rings is 2. The Morgan fingerprint density at radius 1 is 1.32 bits per heavy atom. The minimum Gasteiger partial charge on any atom is -0.496 e. The van der Waals surface area contributed by atoms with Gasteiger partial charge in [-0.1, -0.05) is 31.2 Å². The first kappa shape index (κ1) is 14.9. The highest BCUT2D eigenvalue weighted by Crippen LogP contribution is 2.41. The lowest BCUT2D eigenvalue weighted by molar-refractivity contribution is -0.121. The standard InChI is InChI=1S/C19H23NO2/c1-3-5-17(21)20-12-15-9-8-13-6-4-7-14-10-11-16(22-2)19(15)18(13)14/h4,6-7,10-11,15H,3,5,8-9,12H2,1-2H3,(H,20,21). The van der Waals surface area contributed by atoms with Crippen LogP contribution < -0.4 is 10.1 Å². The maximum atomic E-state index is 11.8. The van der Waals surface area contributed by atoms with Crippen LogP contribution in [-0.4, -0.2) is 19.6 Å². The predicted molar refractivity (Wildman–Crippen MR) is 89.5 cm³/mol. The van der Waals surface area contributed by atoms with Crippen molar-refractivity contribution in [2.45, 2.75) is 38.5 Å². The minimum atomic E-state index is 0.146. The highest BCUT2D eigenvalue weighted by atomic mass is 16.5. The van der Waals surface area contributed by atoms with Crippen LogP contribution in [0.5, 0.6) is 5.75 Å². The summed E-state index contributed by atoms with van der Waals surface area (Å²) in [6.07, 6.45) is 3.60. The third kappa shape index (κ3) is 2.68. The molecule has 3 nitrogen and oxygen atoms in total. The number of nitrogens with one attached hydrogen (secondary N) is 1. The molecule has 0 bridgehead atoms. The number of amides is 1. The summed E-state index contributed by atoms with van der Waals surface area (Å²) in [6.45, 7) is 2.73. The Morgan fingerprint density at radius 2 is 2.18 bits per heavy atom. The summed E-state index contributed by atoms with van der Waals surface area (Å²) in [7, 11) is 1.72. The molecule has 0 aliphatic heterocycles. The molecule has 116 valence electrons. The first-order valence-corrected chi connectivity index (χ1v) is 8.09. The quantitative estimate of drug-likeness (QED) is 0.911. The molecule has 0 radical (unpaired) electrons. The Morgan fingerprint density at radius 3 is 2.95 bits per heavy atom. The van der Waals surface area contributed by atoms with Gasteiger partial charge in [0.1, 0.15) is 5.75 Å². The molecule has 0 heterocycles. The lowest BCUT2D eigenvalue weighted by Crippen LogP contribution is -2.29. The molecule has 0 saturated heterocycles. The second-order valence-electron chi connectivity index (χ2n) is 5.99. The molecule has 3 rings (SSSR count). The number of rotatable bonds is 5. The third-order valence-corrected chi connectivity index (χ3v) is 4.55. The predicted octanol–water partition coefficient (Wildman–Crippen LogP) is 3.79. The van der Waals surface area contributed by atoms with E-state index in [1.165, 1.54) is 21.9 Å². The maximum Gasteiger partial charge on any atom is 0.220 e. The van der Waals surface area contributed by atoms with Crippen LogP contribution in [0.3, 0.4) is 0 Å². The minimum absolute atomic E-state index is 0.146. The molecular formula is C19H23NO2. The van der Waals surface area contributed by atoms with Crippen LogP contribution in [0.2, 0.25) is 0 Å². The van der Waals surface area contributed by atoms with E-state index in [2.05, 4.69) is 29.6 Å². The smallest absolute Gasteiger partial charge is 0.220 e. The van der Waals surface area contributed by atoms with Crippen molar-refractivity contribution in [3.8, 4) is 5.75 Å². The fraction of sp³-hybridized carbons (Fsp3) is 0.421. The van der Waals surface area contributed by atoms with Gasteiger partial charge in [0.05, 0.1) is 7.11 Å². The van der Waals surface area contributed by atoms with Gasteiger partial charge < -0.3 is 10.1 Å². The van der Waals surface area contributed by atoms with E-state index in [1.807, 2.05) is 13.0 Å². The van der Waals surface area contributed by atoms with Gasteiger partial charge in [0, 0.05) is 24.4 Å². The van der Waals surface area contributed by atoms with Gasteiger partial charge in [-0.3, -0.25) is 4.79 Å². The van der Waals surface area contributed by atoms with Crippen LogP contribution in [0.1, 0.15) is 43.2 Å². The molecule has 0 fully saturated rings. The van der Waals surface area contributed by atoms with Crippen LogP contribution in [-0.2, 0) is 11.2 Å². The zero-order valence-corrected chi connectivity index (χ0v) is 13.3. The Balaban J connectivity index is 1.96. The normalized spacial score (nSPS) is 16.5. The highest BCUT2D eigenvalue weighted by molar-refractivity contribution is 5.92. The number of methoxy groups -OCH3 is 1. The van der Waals surface area contributed by atoms with Crippen molar-refractivity contribution in [2.75, 3.05) is 13.7 Å². The number of ether oxygens (including phenoxy) is 1. The molecule has 1 unspecified atom stereocenters. The molecule has 1 N–H and O–H groups in total. The fourth-order valence-corrected chi connectivity index (χ4v) is 3.49. The van der Waals surface area contributed by atoms with E-state index in [9.17, 15) is 4.79 Å². The zero-order valence-electron chi connectivity index (χ0n) is 13.3. The van der Waals surface area contributed by atoms with E-state index in [-0.39, 0.29) is 5.91 Å². The summed E-state index contributed by atoms with van der Waals surface area (Å²) >= 11 is 0. The van der Waals surface area contributed by atoms with Crippen LogP contribution in [0.4, 0.5) is 0 Å². The molecular weight excluding hydrogens is 274 g/mol. The number of carbonyl (C=O) groups excluding carboxylic acids is 1. The van der Waals surface area contributed by atoms with Gasteiger partial charge in [0.25, 0.3) is 0 Å². The van der Waals surface area contributed by atoms with Crippen molar-refractivity contribution >= 4 is 16.7 Å². The second kappa shape index (κ2) is 6.39. The van der Waals surface area contributed by atoms with Crippen LogP contribution in [0.15, 0.2) is 30.3 Å². The van der Waals surface area contributed by atoms with E-state index in [0.29, 0.717) is 18.9 Å². The Bertz CT molecular complexity index is 693. The molecule has 1 aliphatic carbocycles. The summed E-state index contributed by atoms with van der Waals surface area (Å²) in [5, 5.41) is 5.67. The van der Waals surface area contributed by atoms with E-state index in [1.54, 1.807) is 7.11 Å². The lowest BCUT2D eigenvalue weighted by Gasteiger charge is -2.28. The molecule has 0 aromatic heterocycles. The average molecular weight is 297 g/mol. The summed E-state index contributed by atoms with van der Waals surface area (Å²) in [4.78, 5) is 11.8. The number of carbonyl (C=O) groups is 1. The average Bonchev–Trinajstić information content (AvgIpc) is 2.55. The third-order valence-electron chi connectivity index (χ3n) is 4.55. The molecule has 2 aromatic carbocycles. The van der Waals surface area contributed by atoms with Gasteiger partial charge in [0.2, 0.25) is 5.91 Å². The number of hydrogen-bond acceptors (Lipinski definition) is 2. The molecule has 22 heavy (non-hydrogen) atoms. The van der Waals surface area contributed by atoms with Crippen LogP contribution in [0, 0.1) is 0 Å². The molecule has 3 heteroatoms. The lowest BCUT2D eigenvalue weighted by atomic mass is 9.80. The van der Waals surface area contributed by atoms with E-state index < -0.39 is 0 Å². The Kier molecular flexibility index (Phi) is 4.32. The van der Waals surface area contributed by atoms with Crippen molar-refractivity contribution in [3.05, 3.63) is 41.5 Å². The summed E-state index contributed by atoms with van der Waals surface area (Å²) in [6, 6.07) is 10.7. The van der Waals surface area contributed by atoms with Gasteiger partial charge >= 0.3 is 0 Å². The largest absolute Gasteiger partial charge is 0.496 e. The van der Waals surface area contributed by atoms with E-state index in [4.69, 9.17) is 4.74 Å². The van der Waals surface area contributed by atoms with Crippen molar-refractivity contribution < 1.29 is 9.53 Å². The number of hydrogen-bond donors (Lipinski definition) is 1. The van der Waals surface area contributed by atoms with Gasteiger partial charge in [-0.15, -0.1) is 0 Å². The van der Waals surface area contributed by atoms with Gasteiger partial charge in [-0.05, 0) is 41.7 Å². The number of aryl methyl sites for hydroxylation is 1. The van der Waals surface area contributed by atoms with Crippen molar-refractivity contribution in [3.63, 3.8) is 0 Å². The van der Waals surface area contributed by atoms with Crippen molar-refractivity contribution in [1.82, 2.24) is 5.32 Å².